The van der Waals surface area contributed by atoms with Crippen molar-refractivity contribution in [1.82, 2.24) is 5.32 Å². The molecule has 0 aliphatic carbocycles. The Morgan fingerprint density at radius 3 is 2.32 bits per heavy atom. The van der Waals surface area contributed by atoms with Crippen LogP contribution in [0, 0.1) is 0 Å². The zero-order valence-corrected chi connectivity index (χ0v) is 14.2. The number of carbonyl (C=O) groups is 2. The highest BCUT2D eigenvalue weighted by Gasteiger charge is 2.27. The third-order valence-corrected chi connectivity index (χ3v) is 3.04. The summed E-state index contributed by atoms with van der Waals surface area (Å²) in [5.74, 6) is 0. The minimum atomic E-state index is -0.873. The van der Waals surface area contributed by atoms with Crippen LogP contribution in [-0.2, 0) is 20.9 Å². The fourth-order valence-electron chi connectivity index (χ4n) is 1.71. The fraction of sp³-hybridized carbons (Fsp3) is 0.500. The highest BCUT2D eigenvalue weighted by Crippen LogP contribution is 2.11. The summed E-state index contributed by atoms with van der Waals surface area (Å²) in [6.45, 7) is 7.30. The normalized spacial score (nSPS) is 14.0. The van der Waals surface area contributed by atoms with Gasteiger partial charge in [0.25, 0.3) is 0 Å². The van der Waals surface area contributed by atoms with Crippen LogP contribution >= 0.6 is 12.6 Å². The van der Waals surface area contributed by atoms with E-state index in [-0.39, 0.29) is 0 Å². The number of rotatable bonds is 6. The molecule has 1 amide bonds. The minimum absolute atomic E-state index is 0.343. The van der Waals surface area contributed by atoms with Gasteiger partial charge in [0.05, 0.1) is 12.7 Å². The maximum atomic E-state index is 11.8. The molecular formula is C16H23NO4S. The van der Waals surface area contributed by atoms with Crippen molar-refractivity contribution in [1.29, 1.82) is 0 Å². The monoisotopic (exact) mass is 325 g/mol. The lowest BCUT2D eigenvalue weighted by molar-refractivity contribution is -0.116. The second kappa shape index (κ2) is 8.19. The molecule has 2 atom stereocenters. The Balaban J connectivity index is 2.58. The molecule has 1 aromatic carbocycles. The lowest BCUT2D eigenvalue weighted by Crippen LogP contribution is -2.48. The van der Waals surface area contributed by atoms with Crippen LogP contribution in [0.2, 0.25) is 0 Å². The van der Waals surface area contributed by atoms with Gasteiger partial charge < -0.3 is 14.8 Å². The summed E-state index contributed by atoms with van der Waals surface area (Å²) in [5, 5.41) is 2.02. The van der Waals surface area contributed by atoms with Gasteiger partial charge in [-0.05, 0) is 33.3 Å². The summed E-state index contributed by atoms with van der Waals surface area (Å²) >= 11 is 3.81. The third-order valence-electron chi connectivity index (χ3n) is 2.76. The smallest absolute Gasteiger partial charge is 0.408 e. The predicted octanol–water partition coefficient (Wildman–Crippen LogP) is 2.94. The van der Waals surface area contributed by atoms with E-state index in [0.717, 1.165) is 5.56 Å². The SMILES string of the molecule is CC(OCc1ccccc1)[C@H](NC(=O)OC(C)(C)C)C(=O)S. The first-order valence-electron chi connectivity index (χ1n) is 7.07. The molecule has 0 aliphatic rings. The van der Waals surface area contributed by atoms with E-state index in [2.05, 4.69) is 17.9 Å². The number of thiol groups is 1. The largest absolute Gasteiger partial charge is 0.444 e. The fourth-order valence-corrected chi connectivity index (χ4v) is 1.99. The van der Waals surface area contributed by atoms with E-state index in [1.165, 1.54) is 0 Å². The number of amides is 1. The Hall–Kier alpha value is -1.53. The predicted molar refractivity (Wildman–Crippen MR) is 87.8 cm³/mol. The van der Waals surface area contributed by atoms with Crippen LogP contribution in [0.25, 0.3) is 0 Å². The summed E-state index contributed by atoms with van der Waals surface area (Å²) in [6, 6.07) is 8.70. The van der Waals surface area contributed by atoms with Crippen molar-refractivity contribution >= 4 is 23.8 Å². The van der Waals surface area contributed by atoms with Crippen molar-refractivity contribution in [3.05, 3.63) is 35.9 Å². The van der Waals surface area contributed by atoms with Crippen molar-refractivity contribution in [2.24, 2.45) is 0 Å². The molecule has 0 aliphatic heterocycles. The molecule has 0 spiro atoms. The van der Waals surface area contributed by atoms with E-state index in [1.54, 1.807) is 27.7 Å². The van der Waals surface area contributed by atoms with E-state index in [1.807, 2.05) is 30.3 Å². The van der Waals surface area contributed by atoms with Gasteiger partial charge in [-0.3, -0.25) is 4.79 Å². The first-order valence-corrected chi connectivity index (χ1v) is 7.51. The summed E-state index contributed by atoms with van der Waals surface area (Å²) in [6.07, 6.45) is -1.20. The molecule has 0 aromatic heterocycles. The molecule has 1 aromatic rings. The van der Waals surface area contributed by atoms with E-state index in [0.29, 0.717) is 6.61 Å². The van der Waals surface area contributed by atoms with Crippen LogP contribution < -0.4 is 5.32 Å². The van der Waals surface area contributed by atoms with Crippen LogP contribution in [-0.4, -0.2) is 29.0 Å². The average molecular weight is 325 g/mol. The second-order valence-electron chi connectivity index (χ2n) is 5.96. The third kappa shape index (κ3) is 6.95. The molecule has 122 valence electrons. The molecule has 0 heterocycles. The molecule has 1 N–H and O–H groups in total. The molecule has 5 nitrogen and oxygen atoms in total. The Bertz CT molecular complexity index is 499. The zero-order chi connectivity index (χ0) is 16.8. The Morgan fingerprint density at radius 1 is 1.23 bits per heavy atom. The number of alkyl carbamates (subject to hydrolysis) is 1. The van der Waals surface area contributed by atoms with Crippen LogP contribution in [0.1, 0.15) is 33.3 Å². The first-order chi connectivity index (χ1) is 10.2. The highest BCUT2D eigenvalue weighted by atomic mass is 32.1. The van der Waals surface area contributed by atoms with E-state index in [9.17, 15) is 9.59 Å². The molecule has 1 unspecified atom stereocenters. The van der Waals surface area contributed by atoms with Gasteiger partial charge in [0.15, 0.2) is 0 Å². The Morgan fingerprint density at radius 2 is 1.82 bits per heavy atom. The second-order valence-corrected chi connectivity index (χ2v) is 6.40. The van der Waals surface area contributed by atoms with Crippen molar-refractivity contribution in [3.63, 3.8) is 0 Å². The summed E-state index contributed by atoms with van der Waals surface area (Å²) < 4.78 is 10.8. The van der Waals surface area contributed by atoms with Gasteiger partial charge in [0.1, 0.15) is 11.6 Å². The quantitative estimate of drug-likeness (QED) is 0.789. The van der Waals surface area contributed by atoms with Crippen LogP contribution in [0.15, 0.2) is 30.3 Å². The summed E-state index contributed by atoms with van der Waals surface area (Å²) in [5.41, 5.74) is 0.347. The maximum absolute atomic E-state index is 11.8. The molecule has 0 radical (unpaired) electrons. The Kier molecular flexibility index (Phi) is 6.90. The standard InChI is InChI=1S/C16H23NO4S/c1-11(20-10-12-8-6-5-7-9-12)13(14(18)22)17-15(19)21-16(2,3)4/h5-9,11,13H,10H2,1-4H3,(H,17,19)(H,18,22)/t11?,13-/m0/s1. The van der Waals surface area contributed by atoms with Gasteiger partial charge in [-0.25, -0.2) is 4.79 Å². The average Bonchev–Trinajstić information content (AvgIpc) is 2.41. The van der Waals surface area contributed by atoms with Crippen LogP contribution in [0.4, 0.5) is 4.79 Å². The summed E-state index contributed by atoms with van der Waals surface area (Å²) in [7, 11) is 0. The molecule has 0 fully saturated rings. The van der Waals surface area contributed by atoms with Gasteiger partial charge in [-0.15, -0.1) is 12.6 Å². The van der Waals surface area contributed by atoms with E-state index >= 15 is 0 Å². The molecule has 1 rings (SSSR count). The molecule has 22 heavy (non-hydrogen) atoms. The highest BCUT2D eigenvalue weighted by molar-refractivity contribution is 7.96. The molecule has 0 saturated heterocycles. The van der Waals surface area contributed by atoms with E-state index < -0.39 is 29.0 Å². The molecule has 0 bridgehead atoms. The number of ether oxygens (including phenoxy) is 2. The molecular weight excluding hydrogens is 302 g/mol. The molecule has 6 heteroatoms. The lowest BCUT2D eigenvalue weighted by Gasteiger charge is -2.25. The van der Waals surface area contributed by atoms with Crippen molar-refractivity contribution in [2.45, 2.75) is 52.0 Å². The van der Waals surface area contributed by atoms with E-state index in [4.69, 9.17) is 9.47 Å². The van der Waals surface area contributed by atoms with Gasteiger partial charge >= 0.3 is 6.09 Å². The maximum Gasteiger partial charge on any atom is 0.408 e. The summed E-state index contributed by atoms with van der Waals surface area (Å²) in [4.78, 5) is 23.4. The van der Waals surface area contributed by atoms with Crippen molar-refractivity contribution < 1.29 is 19.1 Å². The number of hydrogen-bond donors (Lipinski definition) is 2. The van der Waals surface area contributed by atoms with Gasteiger partial charge in [-0.2, -0.15) is 0 Å². The first kappa shape index (κ1) is 18.5. The van der Waals surface area contributed by atoms with Crippen molar-refractivity contribution in [3.8, 4) is 0 Å². The number of carbonyl (C=O) groups excluding carboxylic acids is 2. The van der Waals surface area contributed by atoms with Gasteiger partial charge in [0.2, 0.25) is 5.12 Å². The number of nitrogens with one attached hydrogen (secondary N) is 1. The lowest BCUT2D eigenvalue weighted by atomic mass is 10.2. The Labute approximate surface area is 136 Å². The van der Waals surface area contributed by atoms with Crippen molar-refractivity contribution in [2.75, 3.05) is 0 Å². The topological polar surface area (TPSA) is 64.6 Å². The number of hydrogen-bond acceptors (Lipinski definition) is 4. The van der Waals surface area contributed by atoms with Gasteiger partial charge in [0, 0.05) is 0 Å². The number of benzene rings is 1. The van der Waals surface area contributed by atoms with Crippen LogP contribution in [0.3, 0.4) is 0 Å². The molecule has 0 saturated carbocycles. The van der Waals surface area contributed by atoms with Crippen LogP contribution in [0.5, 0.6) is 0 Å². The van der Waals surface area contributed by atoms with Gasteiger partial charge in [-0.1, -0.05) is 30.3 Å². The zero-order valence-electron chi connectivity index (χ0n) is 13.3. The minimum Gasteiger partial charge on any atom is -0.444 e.